The van der Waals surface area contributed by atoms with Crippen LogP contribution in [0.2, 0.25) is 0 Å². The highest BCUT2D eigenvalue weighted by molar-refractivity contribution is 7.11. The Labute approximate surface area is 146 Å². The summed E-state index contributed by atoms with van der Waals surface area (Å²) in [6.07, 6.45) is 7.28. The Kier molecular flexibility index (Phi) is 5.50. The van der Waals surface area contributed by atoms with Gasteiger partial charge in [-0.2, -0.15) is 0 Å². The van der Waals surface area contributed by atoms with E-state index in [-0.39, 0.29) is 6.03 Å². The van der Waals surface area contributed by atoms with Crippen LogP contribution in [-0.4, -0.2) is 33.7 Å². The molecule has 0 fully saturated rings. The fourth-order valence-corrected chi connectivity index (χ4v) is 3.99. The molecule has 6 nitrogen and oxygen atoms in total. The molecule has 0 unspecified atom stereocenters. The van der Waals surface area contributed by atoms with E-state index in [1.807, 2.05) is 13.8 Å². The minimum Gasteiger partial charge on any atom is -0.338 e. The van der Waals surface area contributed by atoms with E-state index in [4.69, 9.17) is 0 Å². The quantitative estimate of drug-likeness (QED) is 0.843. The number of carbonyl (C=O) groups is 1. The second-order valence-corrected chi connectivity index (χ2v) is 7.51. The van der Waals surface area contributed by atoms with Gasteiger partial charge in [-0.05, 0) is 26.7 Å². The molecule has 0 spiro atoms. The number of carbonyl (C=O) groups excluding carboxylic acids is 1. The van der Waals surface area contributed by atoms with E-state index in [9.17, 15) is 4.79 Å². The minimum absolute atomic E-state index is 0.113. The number of amides is 2. The monoisotopic (exact) mass is 347 g/mol. The van der Waals surface area contributed by atoms with Crippen LogP contribution in [0, 0.1) is 13.8 Å². The van der Waals surface area contributed by atoms with Crippen molar-refractivity contribution in [3.8, 4) is 0 Å². The SMILES string of the molecule is Cc1nc(C)c(CCNC(=O)NCCc2cn3c(n2)CCCC3)s1. The number of aryl methyl sites for hydroxylation is 4. The third-order valence-electron chi connectivity index (χ3n) is 4.26. The van der Waals surface area contributed by atoms with Crippen molar-refractivity contribution in [2.45, 2.75) is 52.5 Å². The second-order valence-electron chi connectivity index (χ2n) is 6.22. The molecular weight excluding hydrogens is 322 g/mol. The van der Waals surface area contributed by atoms with Crippen molar-refractivity contribution in [2.24, 2.45) is 0 Å². The van der Waals surface area contributed by atoms with Crippen molar-refractivity contribution in [2.75, 3.05) is 13.1 Å². The average Bonchev–Trinajstić information content (AvgIpc) is 3.09. The standard InChI is InChI=1S/C17H25N5OS/c1-12-15(24-13(2)20-12)7-9-19-17(23)18-8-6-14-11-22-10-4-3-5-16(22)21-14/h11H,3-10H2,1-2H3,(H2,18,19,23). The topological polar surface area (TPSA) is 71.8 Å². The van der Waals surface area contributed by atoms with Gasteiger partial charge in [0, 0.05) is 50.0 Å². The lowest BCUT2D eigenvalue weighted by Crippen LogP contribution is -2.37. The summed E-state index contributed by atoms with van der Waals surface area (Å²) in [7, 11) is 0. The molecule has 1 aliphatic heterocycles. The molecule has 2 aromatic rings. The molecule has 2 amide bonds. The maximum absolute atomic E-state index is 11.8. The summed E-state index contributed by atoms with van der Waals surface area (Å²) in [4.78, 5) is 22.1. The van der Waals surface area contributed by atoms with Gasteiger partial charge >= 0.3 is 6.03 Å². The summed E-state index contributed by atoms with van der Waals surface area (Å²) in [5.74, 6) is 1.19. The summed E-state index contributed by atoms with van der Waals surface area (Å²) in [6, 6.07) is -0.113. The van der Waals surface area contributed by atoms with E-state index in [2.05, 4.69) is 31.4 Å². The summed E-state index contributed by atoms with van der Waals surface area (Å²) < 4.78 is 2.25. The van der Waals surface area contributed by atoms with Gasteiger partial charge in [0.25, 0.3) is 0 Å². The lowest BCUT2D eigenvalue weighted by Gasteiger charge is -2.11. The fraction of sp³-hybridized carbons (Fsp3) is 0.588. The van der Waals surface area contributed by atoms with Crippen LogP contribution in [0.25, 0.3) is 0 Å². The highest BCUT2D eigenvalue weighted by Crippen LogP contribution is 2.17. The van der Waals surface area contributed by atoms with Gasteiger partial charge in [-0.15, -0.1) is 11.3 Å². The van der Waals surface area contributed by atoms with E-state index in [1.165, 1.54) is 23.5 Å². The average molecular weight is 347 g/mol. The largest absolute Gasteiger partial charge is 0.338 e. The van der Waals surface area contributed by atoms with E-state index >= 15 is 0 Å². The van der Waals surface area contributed by atoms with Crippen molar-refractivity contribution in [3.63, 3.8) is 0 Å². The molecule has 0 saturated carbocycles. The van der Waals surface area contributed by atoms with Crippen LogP contribution in [0.5, 0.6) is 0 Å². The number of thiazole rings is 1. The molecule has 0 radical (unpaired) electrons. The first kappa shape index (κ1) is 17.0. The van der Waals surface area contributed by atoms with Gasteiger partial charge < -0.3 is 15.2 Å². The lowest BCUT2D eigenvalue weighted by atomic mass is 10.2. The minimum atomic E-state index is -0.113. The first-order valence-electron chi connectivity index (χ1n) is 8.61. The fourth-order valence-electron chi connectivity index (χ4n) is 3.05. The third-order valence-corrected chi connectivity index (χ3v) is 5.40. The highest BCUT2D eigenvalue weighted by Gasteiger charge is 2.12. The number of nitrogens with one attached hydrogen (secondary N) is 2. The number of aromatic nitrogens is 3. The Morgan fingerprint density at radius 3 is 2.71 bits per heavy atom. The molecule has 2 N–H and O–H groups in total. The van der Waals surface area contributed by atoms with Gasteiger partial charge in [-0.25, -0.2) is 14.8 Å². The van der Waals surface area contributed by atoms with Crippen LogP contribution in [0.4, 0.5) is 4.79 Å². The molecule has 24 heavy (non-hydrogen) atoms. The Bertz CT molecular complexity index is 682. The third kappa shape index (κ3) is 4.35. The van der Waals surface area contributed by atoms with E-state index in [0.717, 1.165) is 42.2 Å². The first-order chi connectivity index (χ1) is 11.6. The van der Waals surface area contributed by atoms with Crippen molar-refractivity contribution in [3.05, 3.63) is 33.3 Å². The zero-order chi connectivity index (χ0) is 16.9. The number of imidazole rings is 1. The smallest absolute Gasteiger partial charge is 0.314 e. The van der Waals surface area contributed by atoms with E-state index < -0.39 is 0 Å². The van der Waals surface area contributed by atoms with Crippen LogP contribution >= 0.6 is 11.3 Å². The van der Waals surface area contributed by atoms with Crippen LogP contribution in [0.1, 0.15) is 39.9 Å². The van der Waals surface area contributed by atoms with Crippen LogP contribution in [0.15, 0.2) is 6.20 Å². The summed E-state index contributed by atoms with van der Waals surface area (Å²) in [5.41, 5.74) is 2.14. The van der Waals surface area contributed by atoms with Crippen LogP contribution in [0.3, 0.4) is 0 Å². The summed E-state index contributed by atoms with van der Waals surface area (Å²) in [5, 5.41) is 6.89. The van der Waals surface area contributed by atoms with Crippen molar-refractivity contribution < 1.29 is 4.79 Å². The molecule has 2 aromatic heterocycles. The Balaban J connectivity index is 1.35. The zero-order valence-electron chi connectivity index (χ0n) is 14.4. The number of fused-ring (bicyclic) bond motifs is 1. The Morgan fingerprint density at radius 2 is 2.00 bits per heavy atom. The van der Waals surface area contributed by atoms with Gasteiger partial charge in [0.05, 0.1) is 16.4 Å². The maximum atomic E-state index is 11.8. The predicted octanol–water partition coefficient (Wildman–Crippen LogP) is 2.38. The molecule has 1 aliphatic rings. The molecular formula is C17H25N5OS. The molecule has 0 saturated heterocycles. The number of nitrogens with zero attached hydrogens (tertiary/aromatic N) is 3. The van der Waals surface area contributed by atoms with Gasteiger partial charge in [0.1, 0.15) is 5.82 Å². The summed E-state index contributed by atoms with van der Waals surface area (Å²) >= 11 is 1.70. The number of hydrogen-bond donors (Lipinski definition) is 2. The molecule has 7 heteroatoms. The van der Waals surface area contributed by atoms with Gasteiger partial charge in [0.2, 0.25) is 0 Å². The summed E-state index contributed by atoms with van der Waals surface area (Å²) in [6.45, 7) is 6.35. The van der Waals surface area contributed by atoms with Crippen LogP contribution < -0.4 is 10.6 Å². The van der Waals surface area contributed by atoms with Gasteiger partial charge in [-0.3, -0.25) is 0 Å². The number of rotatable bonds is 6. The molecule has 0 bridgehead atoms. The van der Waals surface area contributed by atoms with Gasteiger partial charge in [-0.1, -0.05) is 0 Å². The molecule has 0 aliphatic carbocycles. The Morgan fingerprint density at radius 1 is 1.21 bits per heavy atom. The normalized spacial score (nSPS) is 13.6. The molecule has 130 valence electrons. The first-order valence-corrected chi connectivity index (χ1v) is 9.43. The zero-order valence-corrected chi connectivity index (χ0v) is 15.2. The predicted molar refractivity (Wildman–Crippen MR) is 95.6 cm³/mol. The highest BCUT2D eigenvalue weighted by atomic mass is 32.1. The Hall–Kier alpha value is -1.89. The lowest BCUT2D eigenvalue weighted by molar-refractivity contribution is 0.241. The molecule has 3 heterocycles. The second kappa shape index (κ2) is 7.79. The van der Waals surface area contributed by atoms with E-state index in [0.29, 0.717) is 13.1 Å². The molecule has 3 rings (SSSR count). The number of hydrogen-bond acceptors (Lipinski definition) is 4. The van der Waals surface area contributed by atoms with Crippen LogP contribution in [-0.2, 0) is 25.8 Å². The molecule has 0 aromatic carbocycles. The van der Waals surface area contributed by atoms with Crippen molar-refractivity contribution >= 4 is 17.4 Å². The van der Waals surface area contributed by atoms with Crippen molar-refractivity contribution in [1.29, 1.82) is 0 Å². The molecule has 0 atom stereocenters. The van der Waals surface area contributed by atoms with Crippen molar-refractivity contribution in [1.82, 2.24) is 25.2 Å². The van der Waals surface area contributed by atoms with Gasteiger partial charge in [0.15, 0.2) is 0 Å². The number of urea groups is 1. The maximum Gasteiger partial charge on any atom is 0.314 e. The van der Waals surface area contributed by atoms with E-state index in [1.54, 1.807) is 11.3 Å².